The number of hydrogen-bond acceptors (Lipinski definition) is 4. The van der Waals surface area contributed by atoms with Gasteiger partial charge in [0.15, 0.2) is 0 Å². The van der Waals surface area contributed by atoms with Crippen molar-refractivity contribution in [3.8, 4) is 0 Å². The lowest BCUT2D eigenvalue weighted by Gasteiger charge is -2.35. The van der Waals surface area contributed by atoms with E-state index in [2.05, 4.69) is 27.0 Å². The highest BCUT2D eigenvalue weighted by Gasteiger charge is 2.40. The molecule has 22 heavy (non-hydrogen) atoms. The van der Waals surface area contributed by atoms with Crippen LogP contribution in [-0.2, 0) is 11.2 Å². The number of imide groups is 1. The van der Waals surface area contributed by atoms with Gasteiger partial charge in [-0.15, -0.1) is 11.3 Å². The number of carbonyl (C=O) groups is 2. The fourth-order valence-electron chi connectivity index (χ4n) is 3.34. The Kier molecular flexibility index (Phi) is 3.66. The first-order valence-electron chi connectivity index (χ1n) is 8.11. The lowest BCUT2D eigenvalue weighted by Crippen LogP contribution is -2.47. The first-order chi connectivity index (χ1) is 10.7. The van der Waals surface area contributed by atoms with Crippen molar-refractivity contribution in [1.82, 2.24) is 15.5 Å². The van der Waals surface area contributed by atoms with Gasteiger partial charge in [-0.3, -0.25) is 15.0 Å². The molecule has 2 aliphatic carbocycles. The summed E-state index contributed by atoms with van der Waals surface area (Å²) in [6, 6.07) is 2.51. The number of nitrogens with one attached hydrogen (secondary N) is 2. The zero-order valence-corrected chi connectivity index (χ0v) is 13.3. The molecule has 1 aliphatic heterocycles. The molecule has 1 aromatic rings. The fraction of sp³-hybridized carbons (Fsp3) is 0.625. The van der Waals surface area contributed by atoms with E-state index in [1.165, 1.54) is 23.3 Å². The van der Waals surface area contributed by atoms with E-state index < -0.39 is 0 Å². The van der Waals surface area contributed by atoms with Gasteiger partial charge in [-0.05, 0) is 55.0 Å². The largest absolute Gasteiger partial charge is 0.335 e. The Morgan fingerprint density at radius 3 is 2.82 bits per heavy atom. The molecule has 2 heterocycles. The second kappa shape index (κ2) is 5.66. The van der Waals surface area contributed by atoms with Crippen LogP contribution in [0.15, 0.2) is 11.4 Å². The minimum absolute atomic E-state index is 0.192. The summed E-state index contributed by atoms with van der Waals surface area (Å²) < 4.78 is 0. The molecule has 0 spiro atoms. The third-order valence-corrected chi connectivity index (χ3v) is 5.70. The van der Waals surface area contributed by atoms with Crippen LogP contribution in [0.3, 0.4) is 0 Å². The average Bonchev–Trinajstić information content (AvgIpc) is 3.38. The maximum atomic E-state index is 12.2. The number of rotatable bonds is 4. The van der Waals surface area contributed by atoms with Crippen LogP contribution in [0.5, 0.6) is 0 Å². The van der Waals surface area contributed by atoms with Gasteiger partial charge in [0, 0.05) is 23.5 Å². The molecule has 2 fully saturated rings. The number of nitrogens with zero attached hydrogens (tertiary/aromatic N) is 1. The Balaban J connectivity index is 1.39. The zero-order valence-electron chi connectivity index (χ0n) is 12.5. The monoisotopic (exact) mass is 319 g/mol. The highest BCUT2D eigenvalue weighted by Crippen LogP contribution is 2.48. The summed E-state index contributed by atoms with van der Waals surface area (Å²) in [5.74, 6) is 0.490. The summed E-state index contributed by atoms with van der Waals surface area (Å²) in [6.07, 6.45) is 5.56. The molecular weight excluding hydrogens is 298 g/mol. The number of fused-ring (bicyclic) bond motifs is 1. The van der Waals surface area contributed by atoms with E-state index in [0.29, 0.717) is 18.5 Å². The fourth-order valence-corrected chi connectivity index (χ4v) is 4.25. The molecule has 5 nitrogen and oxygen atoms in total. The van der Waals surface area contributed by atoms with Crippen molar-refractivity contribution in [2.75, 3.05) is 13.1 Å². The van der Waals surface area contributed by atoms with Crippen LogP contribution in [0.4, 0.5) is 4.79 Å². The molecular formula is C16H21N3O2S. The van der Waals surface area contributed by atoms with Gasteiger partial charge in [0.05, 0.1) is 6.54 Å². The molecule has 0 bridgehead atoms. The van der Waals surface area contributed by atoms with Crippen LogP contribution < -0.4 is 10.6 Å². The molecule has 0 saturated heterocycles. The summed E-state index contributed by atoms with van der Waals surface area (Å²) in [6.45, 7) is 1.22. The van der Waals surface area contributed by atoms with E-state index >= 15 is 0 Å². The van der Waals surface area contributed by atoms with Gasteiger partial charge in [-0.1, -0.05) is 0 Å². The van der Waals surface area contributed by atoms with Crippen LogP contribution >= 0.6 is 11.3 Å². The molecule has 118 valence electrons. The molecule has 4 rings (SSSR count). The Hall–Kier alpha value is -1.40. The molecule has 2 N–H and O–H groups in total. The maximum Gasteiger partial charge on any atom is 0.321 e. The Morgan fingerprint density at radius 1 is 1.27 bits per heavy atom. The van der Waals surface area contributed by atoms with Crippen LogP contribution in [0.25, 0.3) is 0 Å². The zero-order chi connectivity index (χ0) is 15.1. The molecule has 0 radical (unpaired) electrons. The minimum Gasteiger partial charge on any atom is -0.335 e. The summed E-state index contributed by atoms with van der Waals surface area (Å²) in [5, 5.41) is 7.42. The Morgan fingerprint density at radius 2 is 2.09 bits per heavy atom. The molecule has 3 aliphatic rings. The predicted molar refractivity (Wildman–Crippen MR) is 84.8 cm³/mol. The van der Waals surface area contributed by atoms with E-state index in [0.717, 1.165) is 25.8 Å². The van der Waals surface area contributed by atoms with Crippen molar-refractivity contribution in [3.63, 3.8) is 0 Å². The summed E-state index contributed by atoms with van der Waals surface area (Å²) in [7, 11) is 0. The first kappa shape index (κ1) is 14.2. The molecule has 1 atom stereocenters. The second-order valence-electron chi connectivity index (χ2n) is 6.60. The van der Waals surface area contributed by atoms with Gasteiger partial charge in [0.2, 0.25) is 5.91 Å². The van der Waals surface area contributed by atoms with Crippen molar-refractivity contribution >= 4 is 23.3 Å². The molecule has 0 unspecified atom stereocenters. The van der Waals surface area contributed by atoms with Gasteiger partial charge in [-0.25, -0.2) is 4.79 Å². The summed E-state index contributed by atoms with van der Waals surface area (Å²) >= 11 is 1.83. The summed E-state index contributed by atoms with van der Waals surface area (Å²) in [5.41, 5.74) is 1.41. The summed E-state index contributed by atoms with van der Waals surface area (Å²) in [4.78, 5) is 27.6. The van der Waals surface area contributed by atoms with Crippen molar-refractivity contribution in [3.05, 3.63) is 21.9 Å². The second-order valence-corrected chi connectivity index (χ2v) is 7.60. The first-order valence-corrected chi connectivity index (χ1v) is 8.99. The SMILES string of the molecule is O=C(CN1CCc2sccc2[C@@H]1C1CC1)NC(=O)NC1CC1. The van der Waals surface area contributed by atoms with Crippen LogP contribution in [0, 0.1) is 5.92 Å². The van der Waals surface area contributed by atoms with Gasteiger partial charge < -0.3 is 5.32 Å². The van der Waals surface area contributed by atoms with Crippen molar-refractivity contribution < 1.29 is 9.59 Å². The Bertz CT molecular complexity index is 592. The van der Waals surface area contributed by atoms with E-state index in [4.69, 9.17) is 0 Å². The highest BCUT2D eigenvalue weighted by atomic mass is 32.1. The molecule has 6 heteroatoms. The standard InChI is InChI=1S/C16H21N3O2S/c20-14(18-16(21)17-11-3-4-11)9-19-7-5-13-12(6-8-22-13)15(19)10-1-2-10/h6,8,10-11,15H,1-5,7,9H2,(H2,17,18,20,21)/t15-/m0/s1. The van der Waals surface area contributed by atoms with Crippen LogP contribution in [0.2, 0.25) is 0 Å². The quantitative estimate of drug-likeness (QED) is 0.893. The Labute approximate surface area is 134 Å². The molecule has 2 saturated carbocycles. The van der Waals surface area contributed by atoms with Gasteiger partial charge >= 0.3 is 6.03 Å². The number of hydrogen-bond donors (Lipinski definition) is 2. The van der Waals surface area contributed by atoms with Crippen molar-refractivity contribution in [2.45, 2.75) is 44.2 Å². The topological polar surface area (TPSA) is 61.4 Å². The molecule has 1 aromatic heterocycles. The predicted octanol–water partition coefficient (Wildman–Crippen LogP) is 2.05. The van der Waals surface area contributed by atoms with E-state index in [1.807, 2.05) is 11.3 Å². The smallest absolute Gasteiger partial charge is 0.321 e. The number of amides is 3. The molecule has 0 aromatic carbocycles. The lowest BCUT2D eigenvalue weighted by molar-refractivity contribution is -0.122. The number of carbonyl (C=O) groups excluding carboxylic acids is 2. The number of thiophene rings is 1. The third-order valence-electron chi connectivity index (χ3n) is 4.70. The van der Waals surface area contributed by atoms with E-state index in [1.54, 1.807) is 0 Å². The lowest BCUT2D eigenvalue weighted by atomic mass is 9.96. The molecule has 3 amide bonds. The highest BCUT2D eigenvalue weighted by molar-refractivity contribution is 7.10. The van der Waals surface area contributed by atoms with E-state index in [9.17, 15) is 9.59 Å². The number of urea groups is 1. The van der Waals surface area contributed by atoms with Gasteiger partial charge in [-0.2, -0.15) is 0 Å². The maximum absolute atomic E-state index is 12.2. The van der Waals surface area contributed by atoms with Gasteiger partial charge in [0.1, 0.15) is 0 Å². The van der Waals surface area contributed by atoms with Crippen LogP contribution in [-0.4, -0.2) is 36.0 Å². The van der Waals surface area contributed by atoms with Crippen molar-refractivity contribution in [1.29, 1.82) is 0 Å². The van der Waals surface area contributed by atoms with Crippen LogP contribution in [0.1, 0.15) is 42.2 Å². The van der Waals surface area contributed by atoms with Crippen molar-refractivity contribution in [2.24, 2.45) is 5.92 Å². The normalized spacial score (nSPS) is 24.6. The van der Waals surface area contributed by atoms with E-state index in [-0.39, 0.29) is 18.0 Å². The third kappa shape index (κ3) is 3.03. The average molecular weight is 319 g/mol. The van der Waals surface area contributed by atoms with Gasteiger partial charge in [0.25, 0.3) is 0 Å². The minimum atomic E-state index is -0.344.